The standard InChI is InChI=1S/C13H12IN3O3/c1-20-13(19)11-8(3-2-4-10(11)15)6-17-7-16-5-9(14)12(17)18/h2-5,7H,6,15H2,1H3. The molecule has 0 amide bonds. The summed E-state index contributed by atoms with van der Waals surface area (Å²) in [5.41, 5.74) is 6.86. The van der Waals surface area contributed by atoms with E-state index in [4.69, 9.17) is 10.5 Å². The van der Waals surface area contributed by atoms with Crippen molar-refractivity contribution < 1.29 is 9.53 Å². The SMILES string of the molecule is COC(=O)c1c(N)cccc1Cn1cncc(I)c1=O. The predicted octanol–water partition coefficient (Wildman–Crippen LogP) is 1.27. The maximum atomic E-state index is 12.0. The summed E-state index contributed by atoms with van der Waals surface area (Å²) in [4.78, 5) is 27.7. The number of carbonyl (C=O) groups is 1. The van der Waals surface area contributed by atoms with E-state index in [0.29, 0.717) is 14.8 Å². The molecule has 0 aliphatic rings. The summed E-state index contributed by atoms with van der Waals surface area (Å²) in [6.45, 7) is 0.206. The third kappa shape index (κ3) is 2.82. The van der Waals surface area contributed by atoms with Crippen LogP contribution in [0.2, 0.25) is 0 Å². The van der Waals surface area contributed by atoms with E-state index in [-0.39, 0.29) is 17.7 Å². The van der Waals surface area contributed by atoms with E-state index in [2.05, 4.69) is 4.98 Å². The summed E-state index contributed by atoms with van der Waals surface area (Å²) in [6, 6.07) is 5.07. The fourth-order valence-corrected chi connectivity index (χ4v) is 2.29. The van der Waals surface area contributed by atoms with Gasteiger partial charge in [-0.2, -0.15) is 0 Å². The summed E-state index contributed by atoms with van der Waals surface area (Å²) in [5, 5.41) is 0. The molecule has 6 nitrogen and oxygen atoms in total. The average molecular weight is 385 g/mol. The number of ether oxygens (including phenoxy) is 1. The van der Waals surface area contributed by atoms with E-state index in [1.54, 1.807) is 18.2 Å². The van der Waals surface area contributed by atoms with Crippen molar-refractivity contribution in [3.8, 4) is 0 Å². The number of nitrogens with zero attached hydrogens (tertiary/aromatic N) is 2. The molecule has 2 aromatic rings. The molecule has 1 aromatic carbocycles. The molecule has 0 spiro atoms. The van der Waals surface area contributed by atoms with Gasteiger partial charge in [0.2, 0.25) is 0 Å². The summed E-state index contributed by atoms with van der Waals surface area (Å²) in [7, 11) is 1.29. The number of nitrogens with two attached hydrogens (primary N) is 1. The minimum atomic E-state index is -0.523. The number of hydrogen-bond donors (Lipinski definition) is 1. The van der Waals surface area contributed by atoms with E-state index >= 15 is 0 Å². The quantitative estimate of drug-likeness (QED) is 0.489. The van der Waals surface area contributed by atoms with E-state index in [1.807, 2.05) is 22.6 Å². The molecule has 0 saturated carbocycles. The van der Waals surface area contributed by atoms with Crippen molar-refractivity contribution in [3.63, 3.8) is 0 Å². The van der Waals surface area contributed by atoms with Crippen LogP contribution in [0.25, 0.3) is 0 Å². The molecular formula is C13H12IN3O3. The van der Waals surface area contributed by atoms with E-state index in [9.17, 15) is 9.59 Å². The van der Waals surface area contributed by atoms with Gasteiger partial charge >= 0.3 is 5.97 Å². The first-order valence-electron chi connectivity index (χ1n) is 5.70. The third-order valence-corrected chi connectivity index (χ3v) is 3.51. The number of halogens is 1. The molecule has 0 unspecified atom stereocenters. The van der Waals surface area contributed by atoms with Crippen LogP contribution < -0.4 is 11.3 Å². The van der Waals surface area contributed by atoms with Crippen LogP contribution in [0.4, 0.5) is 5.69 Å². The predicted molar refractivity (Wildman–Crippen MR) is 82.5 cm³/mol. The van der Waals surface area contributed by atoms with E-state index < -0.39 is 5.97 Å². The highest BCUT2D eigenvalue weighted by atomic mass is 127. The maximum absolute atomic E-state index is 12.0. The van der Waals surface area contributed by atoms with Gasteiger partial charge in [-0.1, -0.05) is 12.1 Å². The summed E-state index contributed by atoms with van der Waals surface area (Å²) >= 11 is 1.92. The first kappa shape index (κ1) is 14.5. The molecule has 1 heterocycles. The lowest BCUT2D eigenvalue weighted by Crippen LogP contribution is -2.24. The molecule has 2 rings (SSSR count). The molecule has 0 saturated heterocycles. The Morgan fingerprint density at radius 3 is 2.95 bits per heavy atom. The molecule has 0 fully saturated rings. The summed E-state index contributed by atoms with van der Waals surface area (Å²) in [5.74, 6) is -0.523. The number of benzene rings is 1. The monoisotopic (exact) mass is 385 g/mol. The largest absolute Gasteiger partial charge is 0.465 e. The Bertz CT molecular complexity index is 712. The lowest BCUT2D eigenvalue weighted by molar-refractivity contribution is 0.0600. The fraction of sp³-hybridized carbons (Fsp3) is 0.154. The van der Waals surface area contributed by atoms with Crippen LogP contribution in [0, 0.1) is 3.57 Å². The third-order valence-electron chi connectivity index (χ3n) is 2.77. The minimum Gasteiger partial charge on any atom is -0.465 e. The molecule has 20 heavy (non-hydrogen) atoms. The number of methoxy groups -OCH3 is 1. The molecule has 0 atom stereocenters. The molecule has 1 aromatic heterocycles. The Hall–Kier alpha value is -1.90. The van der Waals surface area contributed by atoms with Crippen LogP contribution in [-0.4, -0.2) is 22.6 Å². The lowest BCUT2D eigenvalue weighted by atomic mass is 10.1. The number of hydrogen-bond acceptors (Lipinski definition) is 5. The van der Waals surface area contributed by atoms with Gasteiger partial charge in [0.05, 0.1) is 29.1 Å². The van der Waals surface area contributed by atoms with Crippen molar-refractivity contribution in [2.24, 2.45) is 0 Å². The maximum Gasteiger partial charge on any atom is 0.340 e. The highest BCUT2D eigenvalue weighted by molar-refractivity contribution is 14.1. The fourth-order valence-electron chi connectivity index (χ4n) is 1.82. The van der Waals surface area contributed by atoms with Crippen molar-refractivity contribution >= 4 is 34.2 Å². The van der Waals surface area contributed by atoms with Crippen molar-refractivity contribution in [1.29, 1.82) is 0 Å². The van der Waals surface area contributed by atoms with Crippen LogP contribution in [-0.2, 0) is 11.3 Å². The van der Waals surface area contributed by atoms with Crippen LogP contribution in [0.1, 0.15) is 15.9 Å². The van der Waals surface area contributed by atoms with Gasteiger partial charge in [0.15, 0.2) is 0 Å². The van der Waals surface area contributed by atoms with Crippen molar-refractivity contribution in [1.82, 2.24) is 9.55 Å². The van der Waals surface area contributed by atoms with Gasteiger partial charge in [0, 0.05) is 11.9 Å². The van der Waals surface area contributed by atoms with Gasteiger partial charge in [-0.25, -0.2) is 9.78 Å². The van der Waals surface area contributed by atoms with Crippen LogP contribution >= 0.6 is 22.6 Å². The number of carbonyl (C=O) groups excluding carboxylic acids is 1. The first-order valence-corrected chi connectivity index (χ1v) is 6.78. The second-order valence-electron chi connectivity index (χ2n) is 4.05. The number of rotatable bonds is 3. The minimum absolute atomic E-state index is 0.168. The smallest absolute Gasteiger partial charge is 0.340 e. The number of anilines is 1. The van der Waals surface area contributed by atoms with Crippen molar-refractivity contribution in [2.45, 2.75) is 6.54 Å². The molecule has 2 N–H and O–H groups in total. The molecule has 0 radical (unpaired) electrons. The van der Waals surface area contributed by atoms with Gasteiger partial charge < -0.3 is 10.5 Å². The van der Waals surface area contributed by atoms with Gasteiger partial charge in [0.25, 0.3) is 5.56 Å². The van der Waals surface area contributed by atoms with Crippen LogP contribution in [0.5, 0.6) is 0 Å². The van der Waals surface area contributed by atoms with E-state index in [1.165, 1.54) is 24.2 Å². The molecule has 0 aliphatic heterocycles. The number of esters is 1. The second-order valence-corrected chi connectivity index (χ2v) is 5.21. The zero-order valence-electron chi connectivity index (χ0n) is 10.7. The molecule has 104 valence electrons. The van der Waals surface area contributed by atoms with Gasteiger partial charge in [-0.15, -0.1) is 0 Å². The molecule has 0 aliphatic carbocycles. The Labute approximate surface area is 128 Å². The summed E-state index contributed by atoms with van der Waals surface area (Å²) in [6.07, 6.45) is 2.91. The average Bonchev–Trinajstić information content (AvgIpc) is 2.43. The Morgan fingerprint density at radius 1 is 1.50 bits per heavy atom. The normalized spacial score (nSPS) is 10.3. The topological polar surface area (TPSA) is 87.2 Å². The van der Waals surface area contributed by atoms with Crippen LogP contribution in [0.3, 0.4) is 0 Å². The zero-order valence-corrected chi connectivity index (χ0v) is 12.8. The lowest BCUT2D eigenvalue weighted by Gasteiger charge is -2.11. The van der Waals surface area contributed by atoms with Gasteiger partial charge in [0.1, 0.15) is 0 Å². The number of nitrogen functional groups attached to an aromatic ring is 1. The molecule has 0 bridgehead atoms. The Balaban J connectivity index is 2.49. The molecular weight excluding hydrogens is 373 g/mol. The van der Waals surface area contributed by atoms with E-state index in [0.717, 1.165) is 0 Å². The zero-order chi connectivity index (χ0) is 14.7. The number of aromatic nitrogens is 2. The van der Waals surface area contributed by atoms with Gasteiger partial charge in [-0.3, -0.25) is 9.36 Å². The Kier molecular flexibility index (Phi) is 4.38. The highest BCUT2D eigenvalue weighted by Gasteiger charge is 2.16. The van der Waals surface area contributed by atoms with Crippen LogP contribution in [0.15, 0.2) is 35.5 Å². The van der Waals surface area contributed by atoms with Crippen molar-refractivity contribution in [2.75, 3.05) is 12.8 Å². The first-order chi connectivity index (χ1) is 9.54. The Morgan fingerprint density at radius 2 is 2.25 bits per heavy atom. The highest BCUT2D eigenvalue weighted by Crippen LogP contribution is 2.18. The molecule has 7 heteroatoms. The summed E-state index contributed by atoms with van der Waals surface area (Å²) < 4.78 is 6.65. The second kappa shape index (κ2) is 6.04. The van der Waals surface area contributed by atoms with Gasteiger partial charge in [-0.05, 0) is 34.2 Å². The van der Waals surface area contributed by atoms with Crippen molar-refractivity contribution in [3.05, 3.63) is 55.8 Å².